The number of hydrogen-bond acceptors (Lipinski definition) is 3. The lowest BCUT2D eigenvalue weighted by Crippen LogP contribution is -2.42. The highest BCUT2D eigenvalue weighted by Gasteiger charge is 2.50. The maximum absolute atomic E-state index is 10.8. The van der Waals surface area contributed by atoms with Crippen LogP contribution in [-0.2, 0) is 14.4 Å². The van der Waals surface area contributed by atoms with Gasteiger partial charge in [-0.2, -0.15) is 0 Å². The molecule has 0 aliphatic heterocycles. The van der Waals surface area contributed by atoms with E-state index in [1.807, 2.05) is 0 Å². The van der Waals surface area contributed by atoms with E-state index in [1.165, 1.54) is 0 Å². The lowest BCUT2D eigenvalue weighted by Gasteiger charge is -2.19. The lowest BCUT2D eigenvalue weighted by atomic mass is 9.86. The Balaban J connectivity index is 5.18. The Morgan fingerprint density at radius 2 is 1.62 bits per heavy atom. The number of carbonyl (C=O) groups excluding carboxylic acids is 2. The van der Waals surface area contributed by atoms with E-state index in [9.17, 15) is 14.4 Å². The first-order valence-electron chi connectivity index (χ1n) is 3.52. The van der Waals surface area contributed by atoms with Crippen LogP contribution in [0.4, 0.5) is 0 Å². The van der Waals surface area contributed by atoms with Crippen LogP contribution in [0.25, 0.3) is 0 Å². The van der Waals surface area contributed by atoms with E-state index in [4.69, 9.17) is 28.3 Å². The number of carbonyl (C=O) groups is 3. The molecule has 0 saturated carbocycles. The Labute approximate surface area is 84.8 Å². The van der Waals surface area contributed by atoms with Gasteiger partial charge in [-0.05, 0) is 29.6 Å². The van der Waals surface area contributed by atoms with Gasteiger partial charge in [0, 0.05) is 0 Å². The van der Waals surface area contributed by atoms with Gasteiger partial charge in [0.2, 0.25) is 15.9 Å². The van der Waals surface area contributed by atoms with E-state index >= 15 is 0 Å². The molecule has 0 fully saturated rings. The van der Waals surface area contributed by atoms with Crippen LogP contribution in [-0.4, -0.2) is 21.6 Å². The van der Waals surface area contributed by atoms with Crippen molar-refractivity contribution in [3.05, 3.63) is 0 Å². The minimum absolute atomic E-state index is 0.188. The van der Waals surface area contributed by atoms with Gasteiger partial charge in [-0.25, -0.2) is 0 Å². The fourth-order valence-electron chi connectivity index (χ4n) is 0.924. The Kier molecular flexibility index (Phi) is 4.36. The van der Waals surface area contributed by atoms with Gasteiger partial charge in [0.25, 0.3) is 0 Å². The third kappa shape index (κ3) is 2.19. The number of carboxylic acids is 1. The van der Waals surface area contributed by atoms with Crippen molar-refractivity contribution in [1.29, 1.82) is 0 Å². The normalized spacial score (nSPS) is 11.0. The number of carboxylic acid groups (broad SMARTS) is 1. The van der Waals surface area contributed by atoms with Crippen molar-refractivity contribution in [3.63, 3.8) is 0 Å². The van der Waals surface area contributed by atoms with Crippen molar-refractivity contribution >= 4 is 39.7 Å². The molecule has 0 radical (unpaired) electrons. The summed E-state index contributed by atoms with van der Waals surface area (Å²) in [4.78, 5) is 32.3. The summed E-state index contributed by atoms with van der Waals surface area (Å²) in [6.45, 7) is 1.62. The van der Waals surface area contributed by atoms with Gasteiger partial charge in [0.05, 0.1) is 0 Å². The van der Waals surface area contributed by atoms with Crippen LogP contribution in [0.15, 0.2) is 0 Å². The maximum Gasteiger partial charge on any atom is 0.327 e. The summed E-state index contributed by atoms with van der Waals surface area (Å²) in [5.74, 6) is -1.60. The third-order valence-electron chi connectivity index (χ3n) is 1.66. The van der Waals surface area contributed by atoms with Gasteiger partial charge >= 0.3 is 5.97 Å². The third-order valence-corrected chi connectivity index (χ3v) is 2.31. The number of aliphatic carboxylic acids is 1. The van der Waals surface area contributed by atoms with E-state index in [2.05, 4.69) is 0 Å². The lowest BCUT2D eigenvalue weighted by molar-refractivity contribution is -0.155. The first-order valence-corrected chi connectivity index (χ1v) is 4.28. The van der Waals surface area contributed by atoms with E-state index in [-0.39, 0.29) is 6.42 Å². The Morgan fingerprint density at radius 3 is 1.69 bits per heavy atom. The van der Waals surface area contributed by atoms with Crippen molar-refractivity contribution in [1.82, 2.24) is 0 Å². The first-order chi connectivity index (χ1) is 5.89. The van der Waals surface area contributed by atoms with Gasteiger partial charge < -0.3 is 5.11 Å². The molecule has 0 heterocycles. The molecule has 1 N–H and O–H groups in total. The average molecular weight is 227 g/mol. The monoisotopic (exact) mass is 226 g/mol. The highest BCUT2D eigenvalue weighted by atomic mass is 35.5. The minimum atomic E-state index is -2.28. The summed E-state index contributed by atoms with van der Waals surface area (Å²) >= 11 is 10.1. The van der Waals surface area contributed by atoms with E-state index in [0.717, 1.165) is 0 Å². The molecule has 0 bridgehead atoms. The van der Waals surface area contributed by atoms with E-state index in [1.54, 1.807) is 6.92 Å². The average Bonchev–Trinajstić information content (AvgIpc) is 1.97. The number of halogens is 2. The summed E-state index contributed by atoms with van der Waals surface area (Å²) < 4.78 is 0. The van der Waals surface area contributed by atoms with Gasteiger partial charge in [-0.1, -0.05) is 13.3 Å². The number of rotatable bonds is 5. The maximum atomic E-state index is 10.8. The fraction of sp³-hybridized carbons (Fsp3) is 0.571. The summed E-state index contributed by atoms with van der Waals surface area (Å²) in [5.41, 5.74) is -2.28. The second-order valence-electron chi connectivity index (χ2n) is 2.51. The zero-order valence-corrected chi connectivity index (χ0v) is 8.35. The molecule has 0 aromatic carbocycles. The molecule has 13 heavy (non-hydrogen) atoms. The number of hydrogen-bond donors (Lipinski definition) is 1. The van der Waals surface area contributed by atoms with Crippen LogP contribution >= 0.6 is 23.2 Å². The molecule has 0 aromatic heterocycles. The highest BCUT2D eigenvalue weighted by Crippen LogP contribution is 2.30. The molecule has 74 valence electrons. The SMILES string of the molecule is CCCC(C(=O)O)(C(=O)Cl)C(=O)Cl. The van der Waals surface area contributed by atoms with E-state index < -0.39 is 21.9 Å². The molecule has 0 rings (SSSR count). The standard InChI is InChI=1S/C7H8Cl2O4/c1-2-3-7(4(8)10,5(9)11)6(12)13/h2-3H2,1H3,(H,12,13). The van der Waals surface area contributed by atoms with E-state index in [0.29, 0.717) is 6.42 Å². The van der Waals surface area contributed by atoms with Gasteiger partial charge in [-0.15, -0.1) is 0 Å². The minimum Gasteiger partial charge on any atom is -0.480 e. The van der Waals surface area contributed by atoms with Crippen molar-refractivity contribution in [2.45, 2.75) is 19.8 Å². The highest BCUT2D eigenvalue weighted by molar-refractivity contribution is 6.77. The molecular formula is C7H8Cl2O4. The Morgan fingerprint density at radius 1 is 1.23 bits per heavy atom. The Bertz CT molecular complexity index is 213. The first kappa shape index (κ1) is 12.4. The largest absolute Gasteiger partial charge is 0.480 e. The van der Waals surface area contributed by atoms with Gasteiger partial charge in [0.15, 0.2) is 0 Å². The van der Waals surface area contributed by atoms with Crippen LogP contribution in [0.2, 0.25) is 0 Å². The summed E-state index contributed by atoms with van der Waals surface area (Å²) in [6.07, 6.45) is 0.135. The summed E-state index contributed by atoms with van der Waals surface area (Å²) in [7, 11) is 0. The van der Waals surface area contributed by atoms with Crippen LogP contribution in [0.5, 0.6) is 0 Å². The smallest absolute Gasteiger partial charge is 0.327 e. The zero-order valence-electron chi connectivity index (χ0n) is 6.84. The summed E-state index contributed by atoms with van der Waals surface area (Å²) in [6, 6.07) is 0. The van der Waals surface area contributed by atoms with Crippen LogP contribution < -0.4 is 0 Å². The predicted molar refractivity (Wildman–Crippen MR) is 46.7 cm³/mol. The van der Waals surface area contributed by atoms with Crippen molar-refractivity contribution in [2.24, 2.45) is 5.41 Å². The van der Waals surface area contributed by atoms with Crippen molar-refractivity contribution < 1.29 is 19.5 Å². The molecule has 0 spiro atoms. The topological polar surface area (TPSA) is 71.4 Å². The molecule has 0 unspecified atom stereocenters. The van der Waals surface area contributed by atoms with Gasteiger partial charge in [-0.3, -0.25) is 14.4 Å². The Hall–Kier alpha value is -0.610. The molecule has 0 aromatic rings. The molecule has 0 aliphatic carbocycles. The second-order valence-corrected chi connectivity index (χ2v) is 3.19. The van der Waals surface area contributed by atoms with Gasteiger partial charge in [0.1, 0.15) is 0 Å². The molecule has 0 amide bonds. The fourth-order valence-corrected chi connectivity index (χ4v) is 1.49. The van der Waals surface area contributed by atoms with Crippen LogP contribution in [0.3, 0.4) is 0 Å². The molecule has 6 heteroatoms. The van der Waals surface area contributed by atoms with Crippen molar-refractivity contribution in [3.8, 4) is 0 Å². The second kappa shape index (κ2) is 4.58. The zero-order chi connectivity index (χ0) is 10.6. The molecule has 0 atom stereocenters. The molecule has 0 saturated heterocycles. The quantitative estimate of drug-likeness (QED) is 0.568. The molecular weight excluding hydrogens is 219 g/mol. The predicted octanol–water partition coefficient (Wildman–Crippen LogP) is 1.39. The molecule has 4 nitrogen and oxygen atoms in total. The van der Waals surface area contributed by atoms with Crippen LogP contribution in [0, 0.1) is 5.41 Å². The van der Waals surface area contributed by atoms with Crippen molar-refractivity contribution in [2.75, 3.05) is 0 Å². The molecule has 0 aliphatic rings. The van der Waals surface area contributed by atoms with Crippen LogP contribution in [0.1, 0.15) is 19.8 Å². The summed E-state index contributed by atoms with van der Waals surface area (Å²) in [5, 5.41) is 6.19.